The molecule has 1 fully saturated rings. The first-order valence-electron chi connectivity index (χ1n) is 8.06. The molecule has 1 aliphatic rings. The molecular weight excluding hydrogens is 324 g/mol. The molecule has 1 saturated carbocycles. The molecule has 2 aromatic rings. The van der Waals surface area contributed by atoms with Gasteiger partial charge >= 0.3 is 0 Å². The van der Waals surface area contributed by atoms with E-state index in [2.05, 4.69) is 5.32 Å². The molecule has 0 aromatic heterocycles. The number of ether oxygens (including phenoxy) is 1. The highest BCUT2D eigenvalue weighted by Gasteiger charge is 2.33. The molecule has 24 heavy (non-hydrogen) atoms. The summed E-state index contributed by atoms with van der Waals surface area (Å²) >= 11 is 0. The largest absolute Gasteiger partial charge is 0.457 e. The summed E-state index contributed by atoms with van der Waals surface area (Å²) in [6.45, 7) is 0.494. The lowest BCUT2D eigenvalue weighted by Crippen LogP contribution is -2.51. The van der Waals surface area contributed by atoms with Crippen molar-refractivity contribution >= 4 is 18.3 Å². The van der Waals surface area contributed by atoms with Crippen molar-refractivity contribution in [3.63, 3.8) is 0 Å². The van der Waals surface area contributed by atoms with Crippen LogP contribution >= 0.6 is 12.4 Å². The molecule has 0 unspecified atom stereocenters. The molecule has 0 heterocycles. The van der Waals surface area contributed by atoms with Crippen LogP contribution in [-0.2, 0) is 0 Å². The van der Waals surface area contributed by atoms with Gasteiger partial charge in [-0.2, -0.15) is 0 Å². The van der Waals surface area contributed by atoms with Crippen LogP contribution in [0.3, 0.4) is 0 Å². The molecule has 0 spiro atoms. The highest BCUT2D eigenvalue weighted by Crippen LogP contribution is 2.29. The summed E-state index contributed by atoms with van der Waals surface area (Å²) in [7, 11) is 0. The third-order valence-corrected chi connectivity index (χ3v) is 4.43. The zero-order chi connectivity index (χ0) is 16.1. The Kier molecular flexibility index (Phi) is 6.23. The summed E-state index contributed by atoms with van der Waals surface area (Å²) in [6, 6.07) is 16.8. The lowest BCUT2D eigenvalue weighted by atomic mass is 9.97. The minimum Gasteiger partial charge on any atom is -0.457 e. The van der Waals surface area contributed by atoms with E-state index >= 15 is 0 Å². The summed E-state index contributed by atoms with van der Waals surface area (Å²) in [4.78, 5) is 12.4. The summed E-state index contributed by atoms with van der Waals surface area (Å²) in [6.07, 6.45) is 4.18. The van der Waals surface area contributed by atoms with Crippen LogP contribution in [0.25, 0.3) is 0 Å². The van der Waals surface area contributed by atoms with E-state index < -0.39 is 0 Å². The maximum atomic E-state index is 12.4. The van der Waals surface area contributed by atoms with Crippen LogP contribution in [0.2, 0.25) is 0 Å². The fourth-order valence-electron chi connectivity index (χ4n) is 3.04. The number of nitrogens with one attached hydrogen (secondary N) is 1. The smallest absolute Gasteiger partial charge is 0.251 e. The third-order valence-electron chi connectivity index (χ3n) is 4.43. The summed E-state index contributed by atoms with van der Waals surface area (Å²) in [5.74, 6) is 1.42. The van der Waals surface area contributed by atoms with Crippen molar-refractivity contribution in [3.05, 3.63) is 60.2 Å². The minimum absolute atomic E-state index is 0. The van der Waals surface area contributed by atoms with Crippen molar-refractivity contribution in [2.45, 2.75) is 31.2 Å². The normalized spacial score (nSPS) is 15.4. The molecule has 5 heteroatoms. The first-order chi connectivity index (χ1) is 11.2. The van der Waals surface area contributed by atoms with Crippen molar-refractivity contribution < 1.29 is 9.53 Å². The number of carbonyl (C=O) groups is 1. The van der Waals surface area contributed by atoms with E-state index in [0.717, 1.165) is 31.4 Å². The second-order valence-electron chi connectivity index (χ2n) is 6.09. The average Bonchev–Trinajstić information content (AvgIpc) is 3.05. The van der Waals surface area contributed by atoms with Crippen LogP contribution in [-0.4, -0.2) is 18.0 Å². The second-order valence-corrected chi connectivity index (χ2v) is 6.09. The zero-order valence-corrected chi connectivity index (χ0v) is 14.4. The van der Waals surface area contributed by atoms with Gasteiger partial charge in [0.1, 0.15) is 11.5 Å². The first kappa shape index (κ1) is 18.3. The molecule has 0 saturated heterocycles. The van der Waals surface area contributed by atoms with Crippen molar-refractivity contribution in [1.82, 2.24) is 5.32 Å². The van der Waals surface area contributed by atoms with Crippen LogP contribution in [0, 0.1) is 0 Å². The Balaban J connectivity index is 0.00000208. The van der Waals surface area contributed by atoms with Crippen molar-refractivity contribution in [3.8, 4) is 11.5 Å². The predicted octanol–water partition coefficient (Wildman–Crippen LogP) is 3.90. The van der Waals surface area contributed by atoms with Crippen LogP contribution in [0.5, 0.6) is 11.5 Å². The van der Waals surface area contributed by atoms with E-state index in [-0.39, 0.29) is 23.9 Å². The fourth-order valence-corrected chi connectivity index (χ4v) is 3.04. The van der Waals surface area contributed by atoms with Crippen LogP contribution < -0.4 is 15.8 Å². The van der Waals surface area contributed by atoms with Crippen molar-refractivity contribution in [2.24, 2.45) is 5.73 Å². The predicted molar refractivity (Wildman–Crippen MR) is 97.9 cm³/mol. The third kappa shape index (κ3) is 4.28. The van der Waals surface area contributed by atoms with Gasteiger partial charge in [0.25, 0.3) is 5.91 Å². The molecule has 0 atom stereocenters. The Bertz CT molecular complexity index is 653. The van der Waals surface area contributed by atoms with Gasteiger partial charge in [-0.1, -0.05) is 31.0 Å². The molecule has 3 rings (SSSR count). The van der Waals surface area contributed by atoms with E-state index in [0.29, 0.717) is 17.9 Å². The topological polar surface area (TPSA) is 64.3 Å². The monoisotopic (exact) mass is 346 g/mol. The molecule has 1 aliphatic carbocycles. The summed E-state index contributed by atoms with van der Waals surface area (Å²) < 4.78 is 5.74. The molecule has 4 nitrogen and oxygen atoms in total. The molecule has 1 amide bonds. The van der Waals surface area contributed by atoms with E-state index in [9.17, 15) is 4.79 Å². The molecular formula is C19H23ClN2O2. The number of nitrogens with two attached hydrogens (primary N) is 1. The van der Waals surface area contributed by atoms with Gasteiger partial charge in [0.05, 0.1) is 5.54 Å². The molecule has 0 aliphatic heterocycles. The summed E-state index contributed by atoms with van der Waals surface area (Å²) in [5, 5.41) is 3.12. The molecule has 0 radical (unpaired) electrons. The molecule has 0 bridgehead atoms. The minimum atomic E-state index is -0.226. The highest BCUT2D eigenvalue weighted by molar-refractivity contribution is 5.94. The van der Waals surface area contributed by atoms with Gasteiger partial charge in [-0.05, 0) is 49.2 Å². The quantitative estimate of drug-likeness (QED) is 0.862. The number of para-hydroxylation sites is 1. The number of hydrogen-bond donors (Lipinski definition) is 2. The maximum Gasteiger partial charge on any atom is 0.251 e. The second kappa shape index (κ2) is 8.18. The van der Waals surface area contributed by atoms with Crippen LogP contribution in [0.1, 0.15) is 36.0 Å². The Hall–Kier alpha value is -2.04. The van der Waals surface area contributed by atoms with Crippen molar-refractivity contribution in [2.75, 3.05) is 6.54 Å². The SMILES string of the molecule is Cl.NCC1(NC(=O)c2ccc(Oc3ccccc3)cc2)CCCC1. The molecule has 3 N–H and O–H groups in total. The van der Waals surface area contributed by atoms with Crippen molar-refractivity contribution in [1.29, 1.82) is 0 Å². The Labute approximate surface area is 148 Å². The highest BCUT2D eigenvalue weighted by atomic mass is 35.5. The number of hydrogen-bond acceptors (Lipinski definition) is 3. The molecule has 2 aromatic carbocycles. The summed E-state index contributed by atoms with van der Waals surface area (Å²) in [5.41, 5.74) is 6.27. The Morgan fingerprint density at radius 2 is 1.58 bits per heavy atom. The maximum absolute atomic E-state index is 12.4. The van der Waals surface area contributed by atoms with Gasteiger partial charge in [0.15, 0.2) is 0 Å². The molecule has 128 valence electrons. The van der Waals surface area contributed by atoms with Gasteiger partial charge in [0.2, 0.25) is 0 Å². The zero-order valence-electron chi connectivity index (χ0n) is 13.5. The lowest BCUT2D eigenvalue weighted by Gasteiger charge is -2.28. The first-order valence-corrected chi connectivity index (χ1v) is 8.06. The number of carbonyl (C=O) groups excluding carboxylic acids is 1. The van der Waals surface area contributed by atoms with E-state index in [1.807, 2.05) is 42.5 Å². The van der Waals surface area contributed by atoms with Gasteiger partial charge in [-0.15, -0.1) is 12.4 Å². The number of amides is 1. The fraction of sp³-hybridized carbons (Fsp3) is 0.316. The standard InChI is InChI=1S/C19H22N2O2.ClH/c20-14-19(12-4-5-13-19)21-18(22)15-8-10-17(11-9-15)23-16-6-2-1-3-7-16;/h1-3,6-11H,4-5,12-14,20H2,(H,21,22);1H. The van der Waals surface area contributed by atoms with E-state index in [1.165, 1.54) is 0 Å². The number of rotatable bonds is 5. The van der Waals surface area contributed by atoms with Gasteiger partial charge < -0.3 is 15.8 Å². The number of halogens is 1. The van der Waals surface area contributed by atoms with Gasteiger partial charge in [-0.25, -0.2) is 0 Å². The van der Waals surface area contributed by atoms with Crippen LogP contribution in [0.4, 0.5) is 0 Å². The average molecular weight is 347 g/mol. The lowest BCUT2D eigenvalue weighted by molar-refractivity contribution is 0.0903. The Morgan fingerprint density at radius 3 is 2.17 bits per heavy atom. The van der Waals surface area contributed by atoms with E-state index in [4.69, 9.17) is 10.5 Å². The number of benzene rings is 2. The van der Waals surface area contributed by atoms with Gasteiger partial charge in [0, 0.05) is 12.1 Å². The van der Waals surface area contributed by atoms with E-state index in [1.54, 1.807) is 12.1 Å². The van der Waals surface area contributed by atoms with Crippen LogP contribution in [0.15, 0.2) is 54.6 Å². The Morgan fingerprint density at radius 1 is 1.00 bits per heavy atom. The van der Waals surface area contributed by atoms with Gasteiger partial charge in [-0.3, -0.25) is 4.79 Å².